The molecule has 0 aliphatic carbocycles. The number of aliphatic carboxylic acids is 1. The Bertz CT molecular complexity index is 303. The minimum atomic E-state index is -0.880. The van der Waals surface area contributed by atoms with Crippen molar-refractivity contribution in [2.24, 2.45) is 0 Å². The van der Waals surface area contributed by atoms with Crippen molar-refractivity contribution in [3.8, 4) is 5.88 Å². The van der Waals surface area contributed by atoms with Gasteiger partial charge in [0.15, 0.2) is 0 Å². The van der Waals surface area contributed by atoms with Crippen LogP contribution in [0, 0.1) is 0 Å². The van der Waals surface area contributed by atoms with E-state index in [-0.39, 0.29) is 13.0 Å². The van der Waals surface area contributed by atoms with E-state index in [1.807, 2.05) is 0 Å². The summed E-state index contributed by atoms with van der Waals surface area (Å²) in [6.45, 7) is 0.138. The number of hydrogen-bond acceptors (Lipinski definition) is 3. The maximum Gasteiger partial charge on any atom is 0.306 e. The van der Waals surface area contributed by atoms with Crippen LogP contribution in [0.5, 0.6) is 5.88 Å². The van der Waals surface area contributed by atoms with Gasteiger partial charge in [0.2, 0.25) is 5.88 Å². The lowest BCUT2D eigenvalue weighted by Gasteiger charge is -2.02. The van der Waals surface area contributed by atoms with Crippen LogP contribution >= 0.6 is 15.9 Å². The standard InChI is InChI=1S/C8H8BrNO3/c9-6-2-1-3-7(10-6)13-5-4-8(11)12/h1-3H,4-5H2,(H,11,12). The molecule has 1 aromatic heterocycles. The number of carbonyl (C=O) groups is 1. The van der Waals surface area contributed by atoms with Crippen LogP contribution in [0.4, 0.5) is 0 Å². The second-order valence-electron chi connectivity index (χ2n) is 2.29. The Balaban J connectivity index is 2.41. The lowest BCUT2D eigenvalue weighted by Crippen LogP contribution is -2.05. The largest absolute Gasteiger partial charge is 0.481 e. The first kappa shape index (κ1) is 9.98. The summed E-state index contributed by atoms with van der Waals surface area (Å²) in [5, 5.41) is 8.34. The van der Waals surface area contributed by atoms with E-state index in [9.17, 15) is 4.79 Å². The van der Waals surface area contributed by atoms with Gasteiger partial charge >= 0.3 is 5.97 Å². The molecule has 0 aromatic carbocycles. The van der Waals surface area contributed by atoms with Crippen LogP contribution in [0.15, 0.2) is 22.8 Å². The van der Waals surface area contributed by atoms with E-state index in [0.29, 0.717) is 10.5 Å². The summed E-state index contributed by atoms with van der Waals surface area (Å²) in [6.07, 6.45) is -0.0196. The number of rotatable bonds is 4. The van der Waals surface area contributed by atoms with Crippen LogP contribution < -0.4 is 4.74 Å². The van der Waals surface area contributed by atoms with E-state index in [1.165, 1.54) is 0 Å². The Morgan fingerprint density at radius 1 is 1.62 bits per heavy atom. The summed E-state index contributed by atoms with van der Waals surface area (Å²) in [6, 6.07) is 5.21. The first-order valence-corrected chi connectivity index (χ1v) is 4.45. The van der Waals surface area contributed by atoms with Crippen molar-refractivity contribution in [1.82, 2.24) is 4.98 Å². The third-order valence-corrected chi connectivity index (χ3v) is 1.70. The van der Waals surface area contributed by atoms with Crippen molar-refractivity contribution in [2.75, 3.05) is 6.61 Å². The minimum absolute atomic E-state index is 0.0196. The van der Waals surface area contributed by atoms with E-state index < -0.39 is 5.97 Å². The molecule has 1 heterocycles. The van der Waals surface area contributed by atoms with Gasteiger partial charge in [0.25, 0.3) is 0 Å². The van der Waals surface area contributed by atoms with Gasteiger partial charge in [-0.3, -0.25) is 4.79 Å². The molecule has 1 N–H and O–H groups in total. The van der Waals surface area contributed by atoms with Gasteiger partial charge in [-0.05, 0) is 22.0 Å². The number of aromatic nitrogens is 1. The fourth-order valence-electron chi connectivity index (χ4n) is 0.713. The molecule has 70 valence electrons. The monoisotopic (exact) mass is 245 g/mol. The van der Waals surface area contributed by atoms with E-state index in [1.54, 1.807) is 18.2 Å². The zero-order valence-corrected chi connectivity index (χ0v) is 8.32. The highest BCUT2D eigenvalue weighted by atomic mass is 79.9. The Hall–Kier alpha value is -1.10. The third-order valence-electron chi connectivity index (χ3n) is 1.26. The van der Waals surface area contributed by atoms with Gasteiger partial charge in [-0.1, -0.05) is 6.07 Å². The van der Waals surface area contributed by atoms with Gasteiger partial charge in [-0.15, -0.1) is 0 Å². The Kier molecular flexibility index (Phi) is 3.70. The van der Waals surface area contributed by atoms with Crippen LogP contribution in [0.1, 0.15) is 6.42 Å². The summed E-state index contributed by atoms with van der Waals surface area (Å²) < 4.78 is 5.74. The van der Waals surface area contributed by atoms with E-state index >= 15 is 0 Å². The first-order valence-electron chi connectivity index (χ1n) is 3.65. The molecule has 4 nitrogen and oxygen atoms in total. The zero-order valence-electron chi connectivity index (χ0n) is 6.74. The predicted molar refractivity (Wildman–Crippen MR) is 49.7 cm³/mol. The molecule has 0 radical (unpaired) electrons. The summed E-state index contributed by atoms with van der Waals surface area (Å²) in [5.41, 5.74) is 0. The lowest BCUT2D eigenvalue weighted by molar-refractivity contribution is -0.137. The van der Waals surface area contributed by atoms with Crippen molar-refractivity contribution in [1.29, 1.82) is 0 Å². The van der Waals surface area contributed by atoms with Crippen LogP contribution in [-0.4, -0.2) is 22.7 Å². The van der Waals surface area contributed by atoms with Gasteiger partial charge in [0.05, 0.1) is 6.42 Å². The quantitative estimate of drug-likeness (QED) is 0.821. The topological polar surface area (TPSA) is 59.4 Å². The fraction of sp³-hybridized carbons (Fsp3) is 0.250. The summed E-state index contributed by atoms with van der Waals surface area (Å²) in [5.74, 6) is -0.453. The summed E-state index contributed by atoms with van der Waals surface area (Å²) in [4.78, 5) is 14.1. The molecular formula is C8H8BrNO3. The van der Waals surface area contributed by atoms with Crippen molar-refractivity contribution >= 4 is 21.9 Å². The summed E-state index contributed by atoms with van der Waals surface area (Å²) >= 11 is 3.18. The average Bonchev–Trinajstić information content (AvgIpc) is 2.03. The van der Waals surface area contributed by atoms with Gasteiger partial charge in [0, 0.05) is 6.07 Å². The maximum absolute atomic E-state index is 10.1. The molecule has 1 rings (SSSR count). The van der Waals surface area contributed by atoms with Gasteiger partial charge in [-0.2, -0.15) is 0 Å². The number of pyridine rings is 1. The zero-order chi connectivity index (χ0) is 9.68. The molecule has 13 heavy (non-hydrogen) atoms. The predicted octanol–water partition coefficient (Wildman–Crippen LogP) is 1.70. The highest BCUT2D eigenvalue weighted by Gasteiger charge is 1.99. The molecule has 0 saturated heterocycles. The molecule has 0 unspecified atom stereocenters. The molecule has 0 saturated carbocycles. The van der Waals surface area contributed by atoms with Gasteiger partial charge in [-0.25, -0.2) is 4.98 Å². The molecule has 0 bridgehead atoms. The van der Waals surface area contributed by atoms with E-state index in [4.69, 9.17) is 9.84 Å². The third kappa shape index (κ3) is 3.89. The normalized spacial score (nSPS) is 9.62. The molecule has 5 heteroatoms. The average molecular weight is 246 g/mol. The summed E-state index contributed by atoms with van der Waals surface area (Å²) in [7, 11) is 0. The number of hydrogen-bond donors (Lipinski definition) is 1. The van der Waals surface area contributed by atoms with Crippen molar-refractivity contribution < 1.29 is 14.6 Å². The van der Waals surface area contributed by atoms with Crippen molar-refractivity contribution in [3.05, 3.63) is 22.8 Å². The maximum atomic E-state index is 10.1. The van der Waals surface area contributed by atoms with Crippen LogP contribution in [0.25, 0.3) is 0 Å². The minimum Gasteiger partial charge on any atom is -0.481 e. The van der Waals surface area contributed by atoms with Crippen LogP contribution in [0.2, 0.25) is 0 Å². The number of ether oxygens (including phenoxy) is 1. The Morgan fingerprint density at radius 3 is 3.00 bits per heavy atom. The molecule has 0 amide bonds. The highest BCUT2D eigenvalue weighted by molar-refractivity contribution is 9.10. The molecule has 1 aromatic rings. The van der Waals surface area contributed by atoms with Crippen molar-refractivity contribution in [2.45, 2.75) is 6.42 Å². The van der Waals surface area contributed by atoms with E-state index in [2.05, 4.69) is 20.9 Å². The number of carboxylic acid groups (broad SMARTS) is 1. The molecule has 0 aliphatic heterocycles. The number of halogens is 1. The molecule has 0 spiro atoms. The van der Waals surface area contributed by atoms with Gasteiger partial charge < -0.3 is 9.84 Å². The fourth-order valence-corrected chi connectivity index (χ4v) is 1.04. The van der Waals surface area contributed by atoms with Crippen LogP contribution in [0.3, 0.4) is 0 Å². The molecule has 0 fully saturated rings. The lowest BCUT2D eigenvalue weighted by atomic mass is 10.4. The highest BCUT2D eigenvalue weighted by Crippen LogP contribution is 2.11. The van der Waals surface area contributed by atoms with Crippen LogP contribution in [-0.2, 0) is 4.79 Å². The number of carboxylic acids is 1. The Labute approximate surface area is 83.7 Å². The van der Waals surface area contributed by atoms with Gasteiger partial charge in [0.1, 0.15) is 11.2 Å². The molecule has 0 atom stereocenters. The number of nitrogens with zero attached hydrogens (tertiary/aromatic N) is 1. The Morgan fingerprint density at radius 2 is 2.38 bits per heavy atom. The second kappa shape index (κ2) is 4.81. The molecular weight excluding hydrogens is 238 g/mol. The van der Waals surface area contributed by atoms with E-state index in [0.717, 1.165) is 0 Å². The molecule has 0 aliphatic rings. The SMILES string of the molecule is O=C(O)CCOc1cccc(Br)n1. The first-order chi connectivity index (χ1) is 6.18. The smallest absolute Gasteiger partial charge is 0.306 e. The van der Waals surface area contributed by atoms with Crippen molar-refractivity contribution in [3.63, 3.8) is 0 Å². The second-order valence-corrected chi connectivity index (χ2v) is 3.10.